The van der Waals surface area contributed by atoms with Crippen molar-refractivity contribution in [2.75, 3.05) is 12.4 Å². The quantitative estimate of drug-likeness (QED) is 0.775. The van der Waals surface area contributed by atoms with E-state index >= 15 is 0 Å². The van der Waals surface area contributed by atoms with Crippen LogP contribution in [0.5, 0.6) is 5.75 Å². The minimum atomic E-state index is -0.308. The first-order chi connectivity index (χ1) is 12.8. The molecule has 2 aromatic rings. The maximum absolute atomic E-state index is 12.7. The Morgan fingerprint density at radius 3 is 2.63 bits per heavy atom. The van der Waals surface area contributed by atoms with Crippen molar-refractivity contribution in [2.24, 2.45) is 0 Å². The van der Waals surface area contributed by atoms with Crippen molar-refractivity contribution in [1.82, 2.24) is 15.2 Å². The molecule has 2 rings (SSSR count). The molecule has 0 aliphatic rings. The number of carbonyl (C=O) groups is 2. The van der Waals surface area contributed by atoms with Crippen LogP contribution in [-0.2, 0) is 6.54 Å². The molecule has 146 valence electrons. The number of ether oxygens (including phenoxy) is 1. The third-order valence-corrected chi connectivity index (χ3v) is 3.71. The average Bonchev–Trinajstić information content (AvgIpc) is 3.07. The van der Waals surface area contributed by atoms with Gasteiger partial charge in [0.25, 0.3) is 5.91 Å². The molecule has 0 spiro atoms. The zero-order chi connectivity index (χ0) is 20.0. The number of oxazole rings is 1. The summed E-state index contributed by atoms with van der Waals surface area (Å²) in [6.07, 6.45) is 1.30. The molecular weight excluding hydrogens is 348 g/mol. The monoisotopic (exact) mass is 374 g/mol. The Hall–Kier alpha value is -3.03. The number of carbonyl (C=O) groups excluding carboxylic acids is 2. The predicted molar refractivity (Wildman–Crippen MR) is 102 cm³/mol. The van der Waals surface area contributed by atoms with Gasteiger partial charge in [-0.3, -0.25) is 4.79 Å². The number of nitrogens with one attached hydrogen (secondary N) is 2. The van der Waals surface area contributed by atoms with E-state index in [0.717, 1.165) is 0 Å². The molecule has 0 bridgehead atoms. The number of hydrogen-bond acceptors (Lipinski definition) is 5. The molecule has 0 unspecified atom stereocenters. The highest BCUT2D eigenvalue weighted by molar-refractivity contribution is 5.92. The van der Waals surface area contributed by atoms with E-state index in [1.54, 1.807) is 36.3 Å². The molecule has 0 aliphatic carbocycles. The normalized spacial score (nSPS) is 10.8. The molecule has 1 heterocycles. The van der Waals surface area contributed by atoms with Gasteiger partial charge in [-0.1, -0.05) is 6.07 Å². The topological polar surface area (TPSA) is 96.7 Å². The van der Waals surface area contributed by atoms with Gasteiger partial charge in [-0.25, -0.2) is 9.78 Å². The summed E-state index contributed by atoms with van der Waals surface area (Å²) in [4.78, 5) is 30.4. The molecule has 0 saturated heterocycles. The van der Waals surface area contributed by atoms with Crippen LogP contribution in [0.2, 0.25) is 0 Å². The lowest BCUT2D eigenvalue weighted by atomic mass is 10.3. The zero-order valence-corrected chi connectivity index (χ0v) is 16.3. The molecule has 0 fully saturated rings. The highest BCUT2D eigenvalue weighted by atomic mass is 16.5. The lowest BCUT2D eigenvalue weighted by molar-refractivity contribution is 0.0938. The molecular formula is C19H26N4O4. The fourth-order valence-electron chi connectivity index (χ4n) is 2.35. The van der Waals surface area contributed by atoms with Crippen LogP contribution >= 0.6 is 0 Å². The first-order valence-electron chi connectivity index (χ1n) is 8.77. The fraction of sp³-hybridized carbons (Fsp3) is 0.421. The van der Waals surface area contributed by atoms with Crippen molar-refractivity contribution in [3.63, 3.8) is 0 Å². The predicted octanol–water partition coefficient (Wildman–Crippen LogP) is 3.26. The van der Waals surface area contributed by atoms with E-state index in [1.165, 1.54) is 6.26 Å². The molecule has 27 heavy (non-hydrogen) atoms. The Morgan fingerprint density at radius 1 is 1.26 bits per heavy atom. The third-order valence-electron chi connectivity index (χ3n) is 3.71. The SMILES string of the molecule is COc1cccc(NC(=O)N(Cc2nc(C(=O)NC(C)C)co2)C(C)C)c1. The van der Waals surface area contributed by atoms with E-state index in [2.05, 4.69) is 15.6 Å². The van der Waals surface area contributed by atoms with Gasteiger partial charge in [0.2, 0.25) is 5.89 Å². The van der Waals surface area contributed by atoms with Gasteiger partial charge in [0.1, 0.15) is 12.0 Å². The molecule has 0 aliphatic heterocycles. The smallest absolute Gasteiger partial charge is 0.322 e. The standard InChI is InChI=1S/C19H26N4O4/c1-12(2)20-18(24)16-11-27-17(22-16)10-23(13(3)4)19(25)21-14-7-6-8-15(9-14)26-5/h6-9,11-13H,10H2,1-5H3,(H,20,24)(H,21,25). The first kappa shape index (κ1) is 20.3. The van der Waals surface area contributed by atoms with Crippen molar-refractivity contribution >= 4 is 17.6 Å². The molecule has 1 aromatic heterocycles. The van der Waals surface area contributed by atoms with Crippen LogP contribution in [-0.4, -0.2) is 41.0 Å². The van der Waals surface area contributed by atoms with Crippen molar-refractivity contribution in [2.45, 2.75) is 46.3 Å². The third kappa shape index (κ3) is 5.73. The summed E-state index contributed by atoms with van der Waals surface area (Å²) in [5, 5.41) is 5.58. The molecule has 0 radical (unpaired) electrons. The zero-order valence-electron chi connectivity index (χ0n) is 16.3. The molecule has 1 aromatic carbocycles. The molecule has 2 N–H and O–H groups in total. The number of rotatable bonds is 7. The van der Waals surface area contributed by atoms with E-state index in [1.807, 2.05) is 27.7 Å². The van der Waals surface area contributed by atoms with Crippen LogP contribution in [0.4, 0.5) is 10.5 Å². The summed E-state index contributed by atoms with van der Waals surface area (Å²) < 4.78 is 10.5. The van der Waals surface area contributed by atoms with Crippen molar-refractivity contribution in [1.29, 1.82) is 0 Å². The van der Waals surface area contributed by atoms with E-state index in [4.69, 9.17) is 9.15 Å². The summed E-state index contributed by atoms with van der Waals surface area (Å²) in [7, 11) is 1.57. The summed E-state index contributed by atoms with van der Waals surface area (Å²) >= 11 is 0. The van der Waals surface area contributed by atoms with Gasteiger partial charge in [-0.15, -0.1) is 0 Å². The molecule has 3 amide bonds. The molecule has 0 atom stereocenters. The van der Waals surface area contributed by atoms with Gasteiger partial charge in [0.15, 0.2) is 5.69 Å². The van der Waals surface area contributed by atoms with Gasteiger partial charge < -0.3 is 24.7 Å². The van der Waals surface area contributed by atoms with E-state index in [-0.39, 0.29) is 36.3 Å². The largest absolute Gasteiger partial charge is 0.497 e. The first-order valence-corrected chi connectivity index (χ1v) is 8.77. The number of anilines is 1. The molecule has 8 nitrogen and oxygen atoms in total. The number of amides is 3. The maximum Gasteiger partial charge on any atom is 0.322 e. The number of hydrogen-bond donors (Lipinski definition) is 2. The van der Waals surface area contributed by atoms with Gasteiger partial charge in [0.05, 0.1) is 13.7 Å². The number of benzene rings is 1. The number of methoxy groups -OCH3 is 1. The minimum absolute atomic E-state index is 0.00143. The lowest BCUT2D eigenvalue weighted by Crippen LogP contribution is -2.39. The Balaban J connectivity index is 2.07. The number of nitrogens with zero attached hydrogens (tertiary/aromatic N) is 2. The highest BCUT2D eigenvalue weighted by Crippen LogP contribution is 2.18. The summed E-state index contributed by atoms with van der Waals surface area (Å²) in [5.74, 6) is 0.632. The summed E-state index contributed by atoms with van der Waals surface area (Å²) in [6, 6.07) is 6.70. The summed E-state index contributed by atoms with van der Waals surface area (Å²) in [6.45, 7) is 7.65. The fourth-order valence-corrected chi connectivity index (χ4v) is 2.35. The maximum atomic E-state index is 12.7. The molecule has 8 heteroatoms. The highest BCUT2D eigenvalue weighted by Gasteiger charge is 2.21. The van der Waals surface area contributed by atoms with Crippen molar-refractivity contribution in [3.05, 3.63) is 42.1 Å². The van der Waals surface area contributed by atoms with Crippen LogP contribution in [0.1, 0.15) is 44.1 Å². The Bertz CT molecular complexity index is 786. The van der Waals surface area contributed by atoms with Crippen LogP contribution in [0.15, 0.2) is 34.9 Å². The lowest BCUT2D eigenvalue weighted by Gasteiger charge is -2.25. The van der Waals surface area contributed by atoms with E-state index in [9.17, 15) is 9.59 Å². The minimum Gasteiger partial charge on any atom is -0.497 e. The van der Waals surface area contributed by atoms with E-state index in [0.29, 0.717) is 17.3 Å². The van der Waals surface area contributed by atoms with Gasteiger partial charge >= 0.3 is 6.03 Å². The second-order valence-corrected chi connectivity index (χ2v) is 6.64. The van der Waals surface area contributed by atoms with Crippen LogP contribution < -0.4 is 15.4 Å². The summed E-state index contributed by atoms with van der Waals surface area (Å²) in [5.41, 5.74) is 0.810. The Labute approximate surface area is 158 Å². The number of urea groups is 1. The van der Waals surface area contributed by atoms with Crippen LogP contribution in [0.25, 0.3) is 0 Å². The average molecular weight is 374 g/mol. The van der Waals surface area contributed by atoms with Crippen LogP contribution in [0.3, 0.4) is 0 Å². The second kappa shape index (κ2) is 9.07. The number of aromatic nitrogens is 1. The van der Waals surface area contributed by atoms with E-state index < -0.39 is 0 Å². The molecule has 0 saturated carbocycles. The van der Waals surface area contributed by atoms with Crippen molar-refractivity contribution < 1.29 is 18.7 Å². The van der Waals surface area contributed by atoms with Crippen LogP contribution in [0, 0.1) is 0 Å². The van der Waals surface area contributed by atoms with Gasteiger partial charge in [-0.2, -0.15) is 0 Å². The van der Waals surface area contributed by atoms with Crippen molar-refractivity contribution in [3.8, 4) is 5.75 Å². The Kier molecular flexibility index (Phi) is 6.81. The second-order valence-electron chi connectivity index (χ2n) is 6.64. The van der Waals surface area contributed by atoms with Gasteiger partial charge in [0, 0.05) is 23.8 Å². The van der Waals surface area contributed by atoms with Gasteiger partial charge in [-0.05, 0) is 39.8 Å². The Morgan fingerprint density at radius 2 is 2.00 bits per heavy atom.